The first-order chi connectivity index (χ1) is 14.6. The van der Waals surface area contributed by atoms with Gasteiger partial charge >= 0.3 is 0 Å². The summed E-state index contributed by atoms with van der Waals surface area (Å²) in [6.07, 6.45) is 6.68. The molecule has 2 aromatic rings. The van der Waals surface area contributed by atoms with Gasteiger partial charge in [-0.25, -0.2) is 9.98 Å². The molecular formula is C23H32N4O3. The van der Waals surface area contributed by atoms with Crippen LogP contribution in [0.1, 0.15) is 43.7 Å². The number of hydrogen-bond donors (Lipinski definition) is 2. The highest BCUT2D eigenvalue weighted by atomic mass is 16.5. The lowest BCUT2D eigenvalue weighted by molar-refractivity contribution is 0.130. The van der Waals surface area contributed by atoms with Crippen LogP contribution in [0.4, 0.5) is 0 Å². The molecule has 1 saturated carbocycles. The van der Waals surface area contributed by atoms with Crippen LogP contribution in [-0.2, 0) is 13.1 Å². The zero-order chi connectivity index (χ0) is 21.3. The maximum Gasteiger partial charge on any atom is 0.213 e. The fourth-order valence-corrected chi connectivity index (χ4v) is 3.55. The van der Waals surface area contributed by atoms with Crippen molar-refractivity contribution in [3.8, 4) is 17.4 Å². The lowest BCUT2D eigenvalue weighted by Gasteiger charge is -2.26. The molecule has 0 spiro atoms. The lowest BCUT2D eigenvalue weighted by atomic mass is 9.89. The van der Waals surface area contributed by atoms with Crippen LogP contribution >= 0.6 is 0 Å². The maximum absolute atomic E-state index is 6.07. The number of pyridine rings is 1. The fraction of sp³-hybridized carbons (Fsp3) is 0.478. The largest absolute Gasteiger partial charge is 0.493 e. The van der Waals surface area contributed by atoms with Gasteiger partial charge < -0.3 is 25.3 Å². The molecule has 0 radical (unpaired) electrons. The first-order valence-electron chi connectivity index (χ1n) is 10.4. The number of ether oxygens (including phenoxy) is 3. The number of nitrogens with one attached hydrogen (secondary N) is 1. The highest BCUT2D eigenvalue weighted by Crippen LogP contribution is 2.28. The summed E-state index contributed by atoms with van der Waals surface area (Å²) in [6.45, 7) is 3.31. The van der Waals surface area contributed by atoms with E-state index < -0.39 is 0 Å². The van der Waals surface area contributed by atoms with Gasteiger partial charge in [0.05, 0.1) is 20.8 Å². The Morgan fingerprint density at radius 1 is 1.07 bits per heavy atom. The second kappa shape index (κ2) is 10.7. The van der Waals surface area contributed by atoms with Crippen molar-refractivity contribution in [3.63, 3.8) is 0 Å². The summed E-state index contributed by atoms with van der Waals surface area (Å²) in [4.78, 5) is 8.76. The van der Waals surface area contributed by atoms with Gasteiger partial charge in [0.2, 0.25) is 5.88 Å². The Labute approximate surface area is 178 Å². The number of benzene rings is 1. The van der Waals surface area contributed by atoms with Crippen molar-refractivity contribution in [2.24, 2.45) is 16.6 Å². The molecule has 7 nitrogen and oxygen atoms in total. The minimum Gasteiger partial charge on any atom is -0.493 e. The van der Waals surface area contributed by atoms with Gasteiger partial charge in [-0.1, -0.05) is 13.0 Å². The van der Waals surface area contributed by atoms with E-state index in [1.807, 2.05) is 30.3 Å². The van der Waals surface area contributed by atoms with Gasteiger partial charge in [-0.05, 0) is 60.9 Å². The summed E-state index contributed by atoms with van der Waals surface area (Å²) in [7, 11) is 3.23. The van der Waals surface area contributed by atoms with Crippen molar-refractivity contribution in [1.82, 2.24) is 10.3 Å². The number of hydrogen-bond acceptors (Lipinski definition) is 5. The zero-order valence-corrected chi connectivity index (χ0v) is 18.1. The Kier molecular flexibility index (Phi) is 7.76. The predicted octanol–water partition coefficient (Wildman–Crippen LogP) is 3.66. The summed E-state index contributed by atoms with van der Waals surface area (Å²) in [5.41, 5.74) is 8.07. The van der Waals surface area contributed by atoms with Crippen molar-refractivity contribution >= 4 is 5.96 Å². The zero-order valence-electron chi connectivity index (χ0n) is 18.1. The molecule has 162 valence electrons. The molecular weight excluding hydrogens is 380 g/mol. The summed E-state index contributed by atoms with van der Waals surface area (Å²) >= 11 is 0. The van der Waals surface area contributed by atoms with Crippen molar-refractivity contribution in [2.75, 3.05) is 14.2 Å². The van der Waals surface area contributed by atoms with E-state index in [-0.39, 0.29) is 6.10 Å². The fourth-order valence-electron chi connectivity index (χ4n) is 3.55. The van der Waals surface area contributed by atoms with Crippen LogP contribution in [0.2, 0.25) is 0 Å². The molecule has 0 bridgehead atoms. The molecule has 1 aliphatic carbocycles. The molecule has 1 aromatic carbocycles. The summed E-state index contributed by atoms with van der Waals surface area (Å²) in [5, 5.41) is 3.15. The molecule has 1 fully saturated rings. The molecule has 0 aliphatic heterocycles. The maximum atomic E-state index is 6.07. The summed E-state index contributed by atoms with van der Waals surface area (Å²) in [5.74, 6) is 3.22. The van der Waals surface area contributed by atoms with E-state index in [0.717, 1.165) is 29.9 Å². The number of nitrogens with zero attached hydrogens (tertiary/aromatic N) is 2. The SMILES string of the molecule is COc1ccc(CN=C(N)NCc2ccnc(OC3CCC(C)CC3)c2)cc1OC. The number of methoxy groups -OCH3 is 2. The lowest BCUT2D eigenvalue weighted by Crippen LogP contribution is -2.31. The standard InChI is InChI=1S/C23H32N4O3/c1-16-4-7-19(8-5-16)30-22-13-18(10-11-25-22)15-27-23(24)26-14-17-6-9-20(28-2)21(12-17)29-3/h6,9-13,16,19H,4-5,7-8,14-15H2,1-3H3,(H3,24,26,27). The highest BCUT2D eigenvalue weighted by Gasteiger charge is 2.19. The van der Waals surface area contributed by atoms with E-state index in [9.17, 15) is 0 Å². The van der Waals surface area contributed by atoms with E-state index in [0.29, 0.717) is 36.4 Å². The highest BCUT2D eigenvalue weighted by molar-refractivity contribution is 5.77. The minimum atomic E-state index is 0.269. The number of aliphatic imine (C=N–C) groups is 1. The average molecular weight is 413 g/mol. The molecule has 7 heteroatoms. The number of aromatic nitrogens is 1. The van der Waals surface area contributed by atoms with Crippen LogP contribution in [0.5, 0.6) is 17.4 Å². The van der Waals surface area contributed by atoms with Crippen LogP contribution in [0.15, 0.2) is 41.5 Å². The second-order valence-electron chi connectivity index (χ2n) is 7.75. The molecule has 1 aliphatic rings. The van der Waals surface area contributed by atoms with Crippen LogP contribution in [0.3, 0.4) is 0 Å². The van der Waals surface area contributed by atoms with Crippen LogP contribution in [0, 0.1) is 5.92 Å². The van der Waals surface area contributed by atoms with Crippen LogP contribution < -0.4 is 25.3 Å². The molecule has 0 atom stereocenters. The van der Waals surface area contributed by atoms with E-state index in [1.54, 1.807) is 20.4 Å². The van der Waals surface area contributed by atoms with Crippen LogP contribution in [-0.4, -0.2) is 31.3 Å². The molecule has 3 N–H and O–H groups in total. The van der Waals surface area contributed by atoms with Crippen molar-refractivity contribution in [2.45, 2.75) is 51.8 Å². The molecule has 1 aromatic heterocycles. The normalized spacial score (nSPS) is 19.2. The van der Waals surface area contributed by atoms with E-state index in [4.69, 9.17) is 19.9 Å². The molecule has 0 amide bonds. The topological polar surface area (TPSA) is 91.0 Å². The van der Waals surface area contributed by atoms with E-state index >= 15 is 0 Å². The summed E-state index contributed by atoms with van der Waals surface area (Å²) < 4.78 is 16.6. The molecule has 1 heterocycles. The Hall–Kier alpha value is -2.96. The first-order valence-corrected chi connectivity index (χ1v) is 10.4. The van der Waals surface area contributed by atoms with Crippen molar-refractivity contribution < 1.29 is 14.2 Å². The third-order valence-electron chi connectivity index (χ3n) is 5.40. The Balaban J connectivity index is 1.51. The van der Waals surface area contributed by atoms with Gasteiger partial charge in [-0.2, -0.15) is 0 Å². The van der Waals surface area contributed by atoms with Gasteiger partial charge in [-0.15, -0.1) is 0 Å². The van der Waals surface area contributed by atoms with Gasteiger partial charge in [0, 0.05) is 18.8 Å². The number of rotatable bonds is 8. The van der Waals surface area contributed by atoms with Gasteiger partial charge in [-0.3, -0.25) is 0 Å². The Bertz CT molecular complexity index is 848. The average Bonchev–Trinajstić information content (AvgIpc) is 2.78. The minimum absolute atomic E-state index is 0.269. The van der Waals surface area contributed by atoms with Crippen LogP contribution in [0.25, 0.3) is 0 Å². The monoisotopic (exact) mass is 412 g/mol. The number of nitrogens with two attached hydrogens (primary N) is 1. The predicted molar refractivity (Wildman–Crippen MR) is 118 cm³/mol. The molecule has 3 rings (SSSR count). The number of guanidine groups is 1. The van der Waals surface area contributed by atoms with Crippen molar-refractivity contribution in [3.05, 3.63) is 47.7 Å². The third kappa shape index (κ3) is 6.27. The third-order valence-corrected chi connectivity index (χ3v) is 5.40. The molecule has 30 heavy (non-hydrogen) atoms. The Morgan fingerprint density at radius 2 is 1.83 bits per heavy atom. The molecule has 0 saturated heterocycles. The second-order valence-corrected chi connectivity index (χ2v) is 7.75. The Morgan fingerprint density at radius 3 is 2.57 bits per heavy atom. The van der Waals surface area contributed by atoms with Crippen molar-refractivity contribution in [1.29, 1.82) is 0 Å². The van der Waals surface area contributed by atoms with E-state index in [2.05, 4.69) is 22.2 Å². The smallest absolute Gasteiger partial charge is 0.213 e. The summed E-state index contributed by atoms with van der Waals surface area (Å²) in [6, 6.07) is 9.61. The van der Waals surface area contributed by atoms with E-state index in [1.165, 1.54) is 12.8 Å². The molecule has 0 unspecified atom stereocenters. The van der Waals surface area contributed by atoms with Gasteiger partial charge in [0.25, 0.3) is 0 Å². The van der Waals surface area contributed by atoms with Gasteiger partial charge in [0.1, 0.15) is 6.10 Å². The first kappa shape index (κ1) is 21.7. The quantitative estimate of drug-likeness (QED) is 0.508. The van der Waals surface area contributed by atoms with Gasteiger partial charge in [0.15, 0.2) is 17.5 Å².